The number of thiophene rings is 1. The molecule has 2 amide bonds. The second kappa shape index (κ2) is 8.45. The van der Waals surface area contributed by atoms with Crippen LogP contribution in [0, 0.1) is 6.92 Å². The van der Waals surface area contributed by atoms with Crippen molar-refractivity contribution in [3.05, 3.63) is 57.8 Å². The van der Waals surface area contributed by atoms with Crippen molar-refractivity contribution in [1.82, 2.24) is 10.6 Å². The van der Waals surface area contributed by atoms with Crippen LogP contribution in [0.3, 0.4) is 0 Å². The molecule has 0 spiro atoms. The van der Waals surface area contributed by atoms with Gasteiger partial charge in [-0.1, -0.05) is 35.9 Å². The molecule has 0 saturated heterocycles. The highest BCUT2D eigenvalue weighted by molar-refractivity contribution is 7.10. The third kappa shape index (κ3) is 5.50. The highest BCUT2D eigenvalue weighted by Crippen LogP contribution is 2.20. The first-order valence-electron chi connectivity index (χ1n) is 7.39. The molecule has 122 valence electrons. The number of benzene rings is 1. The minimum atomic E-state index is -0.685. The molecule has 0 bridgehead atoms. The zero-order valence-corrected chi connectivity index (χ0v) is 13.7. The molecule has 0 aliphatic heterocycles. The van der Waals surface area contributed by atoms with Gasteiger partial charge in [-0.05, 0) is 30.4 Å². The van der Waals surface area contributed by atoms with Gasteiger partial charge < -0.3 is 15.7 Å². The van der Waals surface area contributed by atoms with E-state index in [0.29, 0.717) is 13.0 Å². The first kappa shape index (κ1) is 17.2. The monoisotopic (exact) mass is 332 g/mol. The lowest BCUT2D eigenvalue weighted by atomic mass is 10.1. The molecule has 1 atom stereocenters. The van der Waals surface area contributed by atoms with Crippen LogP contribution in [0.15, 0.2) is 41.8 Å². The molecular weight excluding hydrogens is 312 g/mol. The van der Waals surface area contributed by atoms with Crippen molar-refractivity contribution in [2.45, 2.75) is 26.0 Å². The van der Waals surface area contributed by atoms with E-state index >= 15 is 0 Å². The van der Waals surface area contributed by atoms with Gasteiger partial charge >= 0.3 is 11.8 Å². The van der Waals surface area contributed by atoms with Gasteiger partial charge in [0.05, 0.1) is 6.10 Å². The predicted molar refractivity (Wildman–Crippen MR) is 89.9 cm³/mol. The Labute approximate surface area is 139 Å². The standard InChI is InChI=1S/C17H20N2O3S/c1-12-4-6-13(7-5-12)11-19-17(22)16(21)18-9-8-14(20)15-3-2-10-23-15/h2-7,10,14,20H,8-9,11H2,1H3,(H,18,21)(H,19,22). The minimum absolute atomic E-state index is 0.246. The molecule has 0 aliphatic rings. The number of aryl methyl sites for hydroxylation is 1. The fraction of sp³-hybridized carbons (Fsp3) is 0.294. The van der Waals surface area contributed by atoms with Crippen LogP contribution in [-0.2, 0) is 16.1 Å². The summed E-state index contributed by atoms with van der Waals surface area (Å²) in [7, 11) is 0. The molecule has 0 saturated carbocycles. The largest absolute Gasteiger partial charge is 0.388 e. The molecule has 1 aromatic carbocycles. The summed E-state index contributed by atoms with van der Waals surface area (Å²) in [5, 5.41) is 16.9. The second-order valence-corrected chi connectivity index (χ2v) is 6.22. The van der Waals surface area contributed by atoms with E-state index in [0.717, 1.165) is 16.0 Å². The van der Waals surface area contributed by atoms with Crippen molar-refractivity contribution < 1.29 is 14.7 Å². The fourth-order valence-corrected chi connectivity index (χ4v) is 2.74. The summed E-state index contributed by atoms with van der Waals surface area (Å²) in [5.41, 5.74) is 2.08. The summed E-state index contributed by atoms with van der Waals surface area (Å²) in [6.07, 6.45) is -0.247. The van der Waals surface area contributed by atoms with Crippen molar-refractivity contribution in [1.29, 1.82) is 0 Å². The second-order valence-electron chi connectivity index (χ2n) is 5.24. The smallest absolute Gasteiger partial charge is 0.309 e. The molecular formula is C17H20N2O3S. The number of carbonyl (C=O) groups excluding carboxylic acids is 2. The number of rotatable bonds is 6. The van der Waals surface area contributed by atoms with Gasteiger partial charge in [0.25, 0.3) is 0 Å². The molecule has 0 fully saturated rings. The van der Waals surface area contributed by atoms with Gasteiger partial charge in [-0.15, -0.1) is 11.3 Å². The van der Waals surface area contributed by atoms with Crippen LogP contribution in [0.5, 0.6) is 0 Å². The zero-order chi connectivity index (χ0) is 16.7. The van der Waals surface area contributed by atoms with Gasteiger partial charge in [-0.25, -0.2) is 0 Å². The number of aliphatic hydroxyl groups is 1. The molecule has 1 heterocycles. The molecule has 1 aromatic heterocycles. The molecule has 1 unspecified atom stereocenters. The maximum absolute atomic E-state index is 11.7. The first-order valence-corrected chi connectivity index (χ1v) is 8.27. The van der Waals surface area contributed by atoms with Gasteiger partial charge in [0.2, 0.25) is 0 Å². The number of aliphatic hydroxyl groups excluding tert-OH is 1. The quantitative estimate of drug-likeness (QED) is 0.707. The number of nitrogens with one attached hydrogen (secondary N) is 2. The summed E-state index contributed by atoms with van der Waals surface area (Å²) in [6.45, 7) is 2.54. The van der Waals surface area contributed by atoms with E-state index in [1.165, 1.54) is 11.3 Å². The van der Waals surface area contributed by atoms with Crippen LogP contribution in [0.4, 0.5) is 0 Å². The Morgan fingerprint density at radius 3 is 2.48 bits per heavy atom. The Morgan fingerprint density at radius 2 is 1.83 bits per heavy atom. The molecule has 3 N–H and O–H groups in total. The first-order chi connectivity index (χ1) is 11.1. The Hall–Kier alpha value is -2.18. The van der Waals surface area contributed by atoms with E-state index in [1.54, 1.807) is 0 Å². The molecule has 6 heteroatoms. The van der Waals surface area contributed by atoms with Crippen LogP contribution in [-0.4, -0.2) is 23.5 Å². The summed E-state index contributed by atoms with van der Waals surface area (Å²) in [4.78, 5) is 24.2. The molecule has 2 rings (SSSR count). The predicted octanol–water partition coefficient (Wildman–Crippen LogP) is 1.91. The highest BCUT2D eigenvalue weighted by atomic mass is 32.1. The van der Waals surface area contributed by atoms with E-state index < -0.39 is 17.9 Å². The Balaban J connectivity index is 1.68. The lowest BCUT2D eigenvalue weighted by Gasteiger charge is -2.10. The average Bonchev–Trinajstić information content (AvgIpc) is 3.08. The van der Waals surface area contributed by atoms with E-state index in [4.69, 9.17) is 0 Å². The van der Waals surface area contributed by atoms with E-state index in [-0.39, 0.29) is 6.54 Å². The summed E-state index contributed by atoms with van der Waals surface area (Å²) < 4.78 is 0. The third-order valence-corrected chi connectivity index (χ3v) is 4.33. The van der Waals surface area contributed by atoms with E-state index in [9.17, 15) is 14.7 Å². The van der Waals surface area contributed by atoms with Gasteiger partial charge in [-0.2, -0.15) is 0 Å². The minimum Gasteiger partial charge on any atom is -0.388 e. The topological polar surface area (TPSA) is 78.4 Å². The summed E-state index contributed by atoms with van der Waals surface area (Å²) in [6, 6.07) is 11.4. The summed E-state index contributed by atoms with van der Waals surface area (Å²) >= 11 is 1.46. The van der Waals surface area contributed by atoms with Gasteiger partial charge in [0, 0.05) is 18.0 Å². The van der Waals surface area contributed by atoms with Gasteiger partial charge in [0.15, 0.2) is 0 Å². The van der Waals surface area contributed by atoms with E-state index in [2.05, 4.69) is 10.6 Å². The number of hydrogen-bond donors (Lipinski definition) is 3. The lowest BCUT2D eigenvalue weighted by molar-refractivity contribution is -0.139. The number of carbonyl (C=O) groups is 2. The van der Waals surface area contributed by atoms with Crippen LogP contribution in [0.2, 0.25) is 0 Å². The van der Waals surface area contributed by atoms with Gasteiger partial charge in [0.1, 0.15) is 0 Å². The molecule has 5 nitrogen and oxygen atoms in total. The van der Waals surface area contributed by atoms with Crippen LogP contribution in [0.1, 0.15) is 28.5 Å². The highest BCUT2D eigenvalue weighted by Gasteiger charge is 2.14. The normalized spacial score (nSPS) is 11.7. The van der Waals surface area contributed by atoms with Crippen molar-refractivity contribution in [2.24, 2.45) is 0 Å². The van der Waals surface area contributed by atoms with Crippen molar-refractivity contribution in [3.63, 3.8) is 0 Å². The number of hydrogen-bond acceptors (Lipinski definition) is 4. The Bertz CT molecular complexity index is 638. The summed E-state index contributed by atoms with van der Waals surface area (Å²) in [5.74, 6) is -1.35. The molecule has 2 aromatic rings. The maximum atomic E-state index is 11.7. The molecule has 0 radical (unpaired) electrons. The average molecular weight is 332 g/mol. The number of amides is 2. The van der Waals surface area contributed by atoms with Gasteiger partial charge in [-0.3, -0.25) is 9.59 Å². The Morgan fingerprint density at radius 1 is 1.13 bits per heavy atom. The molecule has 0 aliphatic carbocycles. The van der Waals surface area contributed by atoms with Crippen LogP contribution in [0.25, 0.3) is 0 Å². The SMILES string of the molecule is Cc1ccc(CNC(=O)C(=O)NCCC(O)c2cccs2)cc1. The Kier molecular flexibility index (Phi) is 6.31. The van der Waals surface area contributed by atoms with E-state index in [1.807, 2.05) is 48.7 Å². The van der Waals surface area contributed by atoms with Crippen molar-refractivity contribution >= 4 is 23.2 Å². The maximum Gasteiger partial charge on any atom is 0.309 e. The van der Waals surface area contributed by atoms with Crippen LogP contribution >= 0.6 is 11.3 Å². The van der Waals surface area contributed by atoms with Crippen LogP contribution < -0.4 is 10.6 Å². The zero-order valence-electron chi connectivity index (χ0n) is 12.9. The van der Waals surface area contributed by atoms with Crippen molar-refractivity contribution in [2.75, 3.05) is 6.54 Å². The fourth-order valence-electron chi connectivity index (χ4n) is 1.99. The third-order valence-electron chi connectivity index (χ3n) is 3.35. The van der Waals surface area contributed by atoms with Crippen molar-refractivity contribution in [3.8, 4) is 0 Å². The molecule has 23 heavy (non-hydrogen) atoms. The lowest BCUT2D eigenvalue weighted by Crippen LogP contribution is -2.40.